The number of nitrogens with one attached hydrogen (secondary N) is 1. The molecule has 1 saturated heterocycles. The summed E-state index contributed by atoms with van der Waals surface area (Å²) < 4.78 is 24.1. The topological polar surface area (TPSA) is 54.3 Å². The first-order valence-corrected chi connectivity index (χ1v) is 5.88. The van der Waals surface area contributed by atoms with Crippen LogP contribution in [0.1, 0.15) is 11.1 Å². The van der Waals surface area contributed by atoms with Gasteiger partial charge >= 0.3 is 0 Å². The fraction of sp³-hybridized carbons (Fsp3) is 0.462. The van der Waals surface area contributed by atoms with Crippen LogP contribution < -0.4 is 5.32 Å². The Morgan fingerprint density at radius 3 is 3.17 bits per heavy atom. The highest BCUT2D eigenvalue weighted by Crippen LogP contribution is 2.11. The van der Waals surface area contributed by atoms with Gasteiger partial charge in [0.1, 0.15) is 11.9 Å². The summed E-state index contributed by atoms with van der Waals surface area (Å²) in [4.78, 5) is 0. The monoisotopic (exact) mass is 250 g/mol. The SMILES string of the molecule is N#Cc1cc(COCC2CNCCO2)ccc1F. The Hall–Kier alpha value is -1.48. The standard InChI is InChI=1S/C13H15FN2O2/c14-13-2-1-10(5-11(13)6-15)8-17-9-12-7-16-3-4-18-12/h1-2,5,12,16H,3-4,7-9H2. The molecular weight excluding hydrogens is 235 g/mol. The van der Waals surface area contributed by atoms with E-state index in [-0.39, 0.29) is 11.7 Å². The molecule has 1 fully saturated rings. The lowest BCUT2D eigenvalue weighted by Crippen LogP contribution is -2.40. The van der Waals surface area contributed by atoms with E-state index in [0.717, 1.165) is 18.7 Å². The van der Waals surface area contributed by atoms with Crippen molar-refractivity contribution in [2.45, 2.75) is 12.7 Å². The Morgan fingerprint density at radius 2 is 2.44 bits per heavy atom. The molecule has 4 nitrogen and oxygen atoms in total. The van der Waals surface area contributed by atoms with Gasteiger partial charge in [0.25, 0.3) is 0 Å². The van der Waals surface area contributed by atoms with Gasteiger partial charge in [-0.1, -0.05) is 6.07 Å². The third kappa shape index (κ3) is 3.50. The fourth-order valence-corrected chi connectivity index (χ4v) is 1.78. The molecule has 1 aliphatic rings. The first-order chi connectivity index (χ1) is 8.79. The largest absolute Gasteiger partial charge is 0.374 e. The summed E-state index contributed by atoms with van der Waals surface area (Å²) in [6.45, 7) is 3.21. The van der Waals surface area contributed by atoms with E-state index in [9.17, 15) is 4.39 Å². The third-order valence-electron chi connectivity index (χ3n) is 2.73. The van der Waals surface area contributed by atoms with Crippen LogP contribution in [0.25, 0.3) is 0 Å². The maximum absolute atomic E-state index is 13.1. The highest BCUT2D eigenvalue weighted by molar-refractivity contribution is 5.34. The molecule has 1 aliphatic heterocycles. The summed E-state index contributed by atoms with van der Waals surface area (Å²) in [5.74, 6) is -0.499. The molecule has 2 rings (SSSR count). The normalized spacial score (nSPS) is 19.4. The number of hydrogen-bond donors (Lipinski definition) is 1. The van der Waals surface area contributed by atoms with Crippen molar-refractivity contribution >= 4 is 0 Å². The lowest BCUT2D eigenvalue weighted by atomic mass is 10.1. The number of benzene rings is 1. The Bertz CT molecular complexity index is 439. The molecule has 0 saturated carbocycles. The van der Waals surface area contributed by atoms with Crippen molar-refractivity contribution in [2.75, 3.05) is 26.3 Å². The minimum absolute atomic E-state index is 0.0479. The number of nitrogens with zero attached hydrogens (tertiary/aromatic N) is 1. The van der Waals surface area contributed by atoms with Crippen LogP contribution in [0.2, 0.25) is 0 Å². The van der Waals surface area contributed by atoms with E-state index in [2.05, 4.69) is 5.32 Å². The van der Waals surface area contributed by atoms with Gasteiger partial charge < -0.3 is 14.8 Å². The summed E-state index contributed by atoms with van der Waals surface area (Å²) in [5.41, 5.74) is 0.836. The minimum atomic E-state index is -0.499. The Balaban J connectivity index is 1.81. The van der Waals surface area contributed by atoms with Crippen LogP contribution in [0.15, 0.2) is 18.2 Å². The van der Waals surface area contributed by atoms with E-state index in [0.29, 0.717) is 19.8 Å². The molecular formula is C13H15FN2O2. The van der Waals surface area contributed by atoms with Crippen molar-refractivity contribution in [2.24, 2.45) is 0 Å². The lowest BCUT2D eigenvalue weighted by molar-refractivity contribution is -0.0357. The Kier molecular flexibility index (Phi) is 4.65. The van der Waals surface area contributed by atoms with Crippen LogP contribution in [-0.2, 0) is 16.1 Å². The molecule has 18 heavy (non-hydrogen) atoms. The molecule has 1 aromatic carbocycles. The number of hydrogen-bond acceptors (Lipinski definition) is 4. The second-order valence-electron chi connectivity index (χ2n) is 4.14. The first kappa shape index (κ1) is 13.0. The van der Waals surface area contributed by atoms with Gasteiger partial charge in [-0.2, -0.15) is 5.26 Å². The molecule has 0 spiro atoms. The average molecular weight is 250 g/mol. The van der Waals surface area contributed by atoms with Gasteiger partial charge in [-0.05, 0) is 17.7 Å². The van der Waals surface area contributed by atoms with Crippen LogP contribution in [0, 0.1) is 17.1 Å². The molecule has 0 aliphatic carbocycles. The molecule has 96 valence electrons. The molecule has 0 bridgehead atoms. The predicted molar refractivity (Wildman–Crippen MR) is 63.4 cm³/mol. The highest BCUT2D eigenvalue weighted by atomic mass is 19.1. The Morgan fingerprint density at radius 1 is 1.56 bits per heavy atom. The van der Waals surface area contributed by atoms with Crippen molar-refractivity contribution < 1.29 is 13.9 Å². The van der Waals surface area contributed by atoms with Gasteiger partial charge in [0.15, 0.2) is 0 Å². The van der Waals surface area contributed by atoms with Crippen molar-refractivity contribution in [1.29, 1.82) is 5.26 Å². The predicted octanol–water partition coefficient (Wildman–Crippen LogP) is 1.20. The van der Waals surface area contributed by atoms with Gasteiger partial charge in [-0.3, -0.25) is 0 Å². The Labute approximate surface area is 105 Å². The summed E-state index contributed by atoms with van der Waals surface area (Å²) >= 11 is 0. The number of rotatable bonds is 4. The van der Waals surface area contributed by atoms with Crippen molar-refractivity contribution in [3.8, 4) is 6.07 Å². The molecule has 1 heterocycles. The molecule has 0 aromatic heterocycles. The van der Waals surface area contributed by atoms with Gasteiger partial charge in [-0.25, -0.2) is 4.39 Å². The van der Waals surface area contributed by atoms with Crippen molar-refractivity contribution in [3.05, 3.63) is 35.1 Å². The lowest BCUT2D eigenvalue weighted by Gasteiger charge is -2.23. The van der Waals surface area contributed by atoms with Crippen LogP contribution >= 0.6 is 0 Å². The van der Waals surface area contributed by atoms with Gasteiger partial charge in [0, 0.05) is 13.1 Å². The van der Waals surface area contributed by atoms with Crippen LogP contribution in [-0.4, -0.2) is 32.4 Å². The number of ether oxygens (including phenoxy) is 2. The maximum atomic E-state index is 13.1. The van der Waals surface area contributed by atoms with Crippen molar-refractivity contribution in [3.63, 3.8) is 0 Å². The summed E-state index contributed by atoms with van der Waals surface area (Å²) in [6.07, 6.45) is 0.0645. The van der Waals surface area contributed by atoms with E-state index in [1.165, 1.54) is 12.1 Å². The molecule has 1 unspecified atom stereocenters. The van der Waals surface area contributed by atoms with Gasteiger partial charge in [0.05, 0.1) is 31.5 Å². The maximum Gasteiger partial charge on any atom is 0.140 e. The summed E-state index contributed by atoms with van der Waals surface area (Å²) in [6, 6.07) is 6.23. The molecule has 5 heteroatoms. The van der Waals surface area contributed by atoms with Crippen LogP contribution in [0.5, 0.6) is 0 Å². The second kappa shape index (κ2) is 6.45. The number of halogens is 1. The summed E-state index contributed by atoms with van der Waals surface area (Å²) in [5, 5.41) is 11.9. The van der Waals surface area contributed by atoms with E-state index in [1.807, 2.05) is 6.07 Å². The zero-order chi connectivity index (χ0) is 12.8. The van der Waals surface area contributed by atoms with Crippen molar-refractivity contribution in [1.82, 2.24) is 5.32 Å². The van der Waals surface area contributed by atoms with E-state index >= 15 is 0 Å². The zero-order valence-electron chi connectivity index (χ0n) is 9.99. The first-order valence-electron chi connectivity index (χ1n) is 5.88. The number of morpholine rings is 1. The van der Waals surface area contributed by atoms with Gasteiger partial charge in [-0.15, -0.1) is 0 Å². The molecule has 0 amide bonds. The smallest absolute Gasteiger partial charge is 0.140 e. The third-order valence-corrected chi connectivity index (χ3v) is 2.73. The average Bonchev–Trinajstić information content (AvgIpc) is 2.42. The van der Waals surface area contributed by atoms with Crippen LogP contribution in [0.3, 0.4) is 0 Å². The van der Waals surface area contributed by atoms with E-state index < -0.39 is 5.82 Å². The molecule has 1 aromatic rings. The molecule has 1 N–H and O–H groups in total. The zero-order valence-corrected chi connectivity index (χ0v) is 9.99. The highest BCUT2D eigenvalue weighted by Gasteiger charge is 2.13. The second-order valence-corrected chi connectivity index (χ2v) is 4.14. The molecule has 1 atom stereocenters. The molecule has 0 radical (unpaired) electrons. The van der Waals surface area contributed by atoms with Crippen LogP contribution in [0.4, 0.5) is 4.39 Å². The van der Waals surface area contributed by atoms with Gasteiger partial charge in [0.2, 0.25) is 0 Å². The van der Waals surface area contributed by atoms with E-state index in [1.54, 1.807) is 6.07 Å². The fourth-order valence-electron chi connectivity index (χ4n) is 1.78. The van der Waals surface area contributed by atoms with E-state index in [4.69, 9.17) is 14.7 Å². The quantitative estimate of drug-likeness (QED) is 0.872. The summed E-state index contributed by atoms with van der Waals surface area (Å²) in [7, 11) is 0. The minimum Gasteiger partial charge on any atom is -0.374 e. The number of nitriles is 1.